The lowest BCUT2D eigenvalue weighted by atomic mass is 9.33. The molecule has 0 saturated heterocycles. The number of anilines is 8. The normalized spacial score (nSPS) is 22.1. The lowest BCUT2D eigenvalue weighted by Crippen LogP contribution is -2.62. The van der Waals surface area contributed by atoms with E-state index >= 15 is 0 Å². The Labute approximate surface area is 487 Å². The van der Waals surface area contributed by atoms with Crippen LogP contribution < -0.4 is 31.1 Å². The zero-order chi connectivity index (χ0) is 56.5. The molecule has 1 saturated carbocycles. The summed E-state index contributed by atoms with van der Waals surface area (Å²) in [5.74, 6) is 0. The maximum absolute atomic E-state index is 2.82. The van der Waals surface area contributed by atoms with E-state index in [1.54, 1.807) is 0 Å². The molecule has 2 unspecified atom stereocenters. The van der Waals surface area contributed by atoms with Crippen LogP contribution in [-0.2, 0) is 32.5 Å². The molecule has 3 aliphatic carbocycles. The lowest BCUT2D eigenvalue weighted by molar-refractivity contribution is 0.195. The fourth-order valence-corrected chi connectivity index (χ4v) is 18.3. The van der Waals surface area contributed by atoms with Crippen molar-refractivity contribution in [1.29, 1.82) is 0 Å². The van der Waals surface area contributed by atoms with Crippen LogP contribution in [0.3, 0.4) is 0 Å². The van der Waals surface area contributed by atoms with Gasteiger partial charge in [-0.05, 0) is 195 Å². The Hall–Kier alpha value is -6.56. The fraction of sp³-hybridized carbons (Fsp3) is 0.368. The SMILES string of the molecule is Cc1cc2c3c(c1)N(c1cccc4sc5ccccc5c14)c1cc(N4c5ccc(C(C)(C)C)cc5C5(C)CCCCC45C)ccc1B3c1cc3c(cc1N2c1cc2c(cc1C)C(C)(C)CCC2(C)C)C(C)(C)c1ccccc1C3(C)C. The summed E-state index contributed by atoms with van der Waals surface area (Å²) in [6.45, 7) is 36.9. The molecule has 408 valence electrons. The molecule has 1 aromatic heterocycles. The van der Waals surface area contributed by atoms with Gasteiger partial charge in [0.25, 0.3) is 6.71 Å². The second kappa shape index (κ2) is 16.6. The quantitative estimate of drug-likeness (QED) is 0.163. The minimum atomic E-state index is -0.226. The Balaban J connectivity index is 1.06. The maximum Gasteiger partial charge on any atom is 0.252 e. The first-order valence-electron chi connectivity index (χ1n) is 30.5. The van der Waals surface area contributed by atoms with Crippen molar-refractivity contribution in [3.05, 3.63) is 195 Å². The molecule has 1 fully saturated rings. The number of hydrogen-bond donors (Lipinski definition) is 0. The molecule has 8 aromatic carbocycles. The smallest absolute Gasteiger partial charge is 0.252 e. The number of aryl methyl sites for hydroxylation is 2. The van der Waals surface area contributed by atoms with Crippen molar-refractivity contribution in [3.8, 4) is 0 Å². The summed E-state index contributed by atoms with van der Waals surface area (Å²) in [6.07, 6.45) is 7.19. The summed E-state index contributed by atoms with van der Waals surface area (Å²) in [5.41, 5.74) is 28.4. The number of nitrogens with zero attached hydrogens (tertiary/aromatic N) is 3. The minimum Gasteiger partial charge on any atom is -0.334 e. The van der Waals surface area contributed by atoms with E-state index < -0.39 is 0 Å². The highest BCUT2D eigenvalue weighted by atomic mass is 32.1. The predicted molar refractivity (Wildman–Crippen MR) is 350 cm³/mol. The summed E-state index contributed by atoms with van der Waals surface area (Å²) in [5, 5.41) is 2.65. The Bertz CT molecular complexity index is 4220. The van der Waals surface area contributed by atoms with Crippen molar-refractivity contribution < 1.29 is 0 Å². The molecule has 4 heterocycles. The Morgan fingerprint density at radius 2 is 1.06 bits per heavy atom. The third kappa shape index (κ3) is 6.82. The molecule has 3 aliphatic heterocycles. The number of hydrogen-bond acceptors (Lipinski definition) is 4. The van der Waals surface area contributed by atoms with Crippen molar-refractivity contribution in [3.63, 3.8) is 0 Å². The summed E-state index contributed by atoms with van der Waals surface area (Å²) in [7, 11) is 0. The lowest BCUT2D eigenvalue weighted by Gasteiger charge is -2.51. The Morgan fingerprint density at radius 1 is 0.457 bits per heavy atom. The first-order chi connectivity index (χ1) is 38.3. The van der Waals surface area contributed by atoms with Gasteiger partial charge in [-0.3, -0.25) is 0 Å². The number of fused-ring (bicyclic) bond motifs is 13. The second-order valence-corrected chi connectivity index (χ2v) is 30.7. The zero-order valence-corrected chi connectivity index (χ0v) is 51.7. The van der Waals surface area contributed by atoms with Crippen LogP contribution in [0.5, 0.6) is 0 Å². The molecule has 0 bridgehead atoms. The third-order valence-electron chi connectivity index (χ3n) is 22.2. The molecule has 15 rings (SSSR count). The van der Waals surface area contributed by atoms with Gasteiger partial charge in [0, 0.05) is 76.2 Å². The molecular weight excluding hydrogens is 998 g/mol. The highest BCUT2D eigenvalue weighted by Crippen LogP contribution is 2.62. The van der Waals surface area contributed by atoms with E-state index in [0.717, 1.165) is 6.42 Å². The van der Waals surface area contributed by atoms with Crippen molar-refractivity contribution in [1.82, 2.24) is 0 Å². The fourth-order valence-electron chi connectivity index (χ4n) is 17.2. The Kier molecular flexibility index (Phi) is 10.5. The summed E-state index contributed by atoms with van der Waals surface area (Å²) < 4.78 is 2.65. The van der Waals surface area contributed by atoms with Gasteiger partial charge < -0.3 is 14.7 Å². The molecule has 81 heavy (non-hydrogen) atoms. The van der Waals surface area contributed by atoms with Crippen LogP contribution in [0.2, 0.25) is 0 Å². The molecular formula is C76H80BN3S. The first-order valence-corrected chi connectivity index (χ1v) is 31.4. The van der Waals surface area contributed by atoms with Gasteiger partial charge >= 0.3 is 0 Å². The van der Waals surface area contributed by atoms with E-state index in [9.17, 15) is 0 Å². The highest BCUT2D eigenvalue weighted by molar-refractivity contribution is 7.26. The average molecular weight is 1080 g/mol. The monoisotopic (exact) mass is 1080 g/mol. The van der Waals surface area contributed by atoms with Crippen LogP contribution in [0.25, 0.3) is 20.2 Å². The highest BCUT2D eigenvalue weighted by Gasteiger charge is 2.58. The maximum atomic E-state index is 2.82. The van der Waals surface area contributed by atoms with Crippen LogP contribution in [0.1, 0.15) is 184 Å². The van der Waals surface area contributed by atoms with Crippen LogP contribution in [0.4, 0.5) is 45.5 Å². The zero-order valence-electron chi connectivity index (χ0n) is 50.8. The summed E-state index contributed by atoms with van der Waals surface area (Å²) in [4.78, 5) is 8.31. The van der Waals surface area contributed by atoms with E-state index in [0.29, 0.717) is 0 Å². The van der Waals surface area contributed by atoms with E-state index in [1.165, 1.54) is 170 Å². The topological polar surface area (TPSA) is 9.72 Å². The molecule has 5 heteroatoms. The van der Waals surface area contributed by atoms with E-state index in [2.05, 4.69) is 258 Å². The minimum absolute atomic E-state index is 0.00107. The average Bonchev–Trinajstić information content (AvgIpc) is 4.14. The van der Waals surface area contributed by atoms with Crippen LogP contribution in [0, 0.1) is 13.8 Å². The summed E-state index contributed by atoms with van der Waals surface area (Å²) >= 11 is 1.92. The van der Waals surface area contributed by atoms with Gasteiger partial charge in [0.05, 0.1) is 11.2 Å². The van der Waals surface area contributed by atoms with Crippen molar-refractivity contribution >= 4 is 100 Å². The van der Waals surface area contributed by atoms with Gasteiger partial charge in [0.15, 0.2) is 0 Å². The van der Waals surface area contributed by atoms with Crippen molar-refractivity contribution in [2.75, 3.05) is 14.7 Å². The Morgan fingerprint density at radius 3 is 1.77 bits per heavy atom. The standard InChI is InChI=1S/C76H80BN3S/c1-45-37-64-69-65(38-45)79(61-43-53-52(39-46(61)2)71(6,7)35-36-72(53,8)9)63-44-55-54(73(10,11)50-24-17-18-25-51(50)74(55,12)13)42-58(63)77(69)57-31-30-48(41-62(57)78(64)60-26-22-28-67-68(60)49-23-16-19-27-66(49)81-67)80-59-32-29-47(70(3,4)5)40-56(59)75(14)33-20-21-34-76(75,80)15/h16-19,22-32,37-44H,20-21,33-36H2,1-15H3. The molecule has 0 spiro atoms. The summed E-state index contributed by atoms with van der Waals surface area (Å²) in [6, 6.07) is 56.5. The number of benzene rings is 8. The van der Waals surface area contributed by atoms with Crippen molar-refractivity contribution in [2.45, 2.75) is 180 Å². The van der Waals surface area contributed by atoms with Crippen LogP contribution in [-0.4, -0.2) is 12.3 Å². The molecule has 2 atom stereocenters. The van der Waals surface area contributed by atoms with E-state index in [1.807, 2.05) is 11.3 Å². The van der Waals surface area contributed by atoms with Gasteiger partial charge in [-0.15, -0.1) is 11.3 Å². The van der Waals surface area contributed by atoms with Crippen LogP contribution >= 0.6 is 11.3 Å². The predicted octanol–water partition coefficient (Wildman–Crippen LogP) is 19.1. The molecule has 0 N–H and O–H groups in total. The number of rotatable bonds is 3. The molecule has 9 aromatic rings. The van der Waals surface area contributed by atoms with Gasteiger partial charge in [0.1, 0.15) is 0 Å². The van der Waals surface area contributed by atoms with E-state index in [4.69, 9.17) is 0 Å². The van der Waals surface area contributed by atoms with Gasteiger partial charge in [-0.25, -0.2) is 0 Å². The first kappa shape index (κ1) is 51.3. The van der Waals surface area contributed by atoms with E-state index in [-0.39, 0.29) is 44.7 Å². The van der Waals surface area contributed by atoms with Crippen molar-refractivity contribution in [2.24, 2.45) is 0 Å². The van der Waals surface area contributed by atoms with Gasteiger partial charge in [0.2, 0.25) is 0 Å². The third-order valence-corrected chi connectivity index (χ3v) is 23.4. The molecule has 0 radical (unpaired) electrons. The number of thiophene rings is 1. The largest absolute Gasteiger partial charge is 0.334 e. The van der Waals surface area contributed by atoms with Gasteiger partial charge in [-0.1, -0.05) is 175 Å². The van der Waals surface area contributed by atoms with Crippen LogP contribution in [0.15, 0.2) is 140 Å². The molecule has 6 aliphatic rings. The second-order valence-electron chi connectivity index (χ2n) is 29.6. The molecule has 3 nitrogen and oxygen atoms in total. The van der Waals surface area contributed by atoms with Gasteiger partial charge in [-0.2, -0.15) is 0 Å². The molecule has 0 amide bonds.